The molecule has 1 aliphatic rings. The molecule has 11 aromatic carbocycles. The molecule has 0 bridgehead atoms. The highest BCUT2D eigenvalue weighted by Crippen LogP contribution is 2.56. The Hall–Kier alpha value is -8.98. The highest BCUT2D eigenvalue weighted by molar-refractivity contribution is 5.97. The number of nitrogens with zero attached hydrogens (tertiary/aromatic N) is 2. The third-order valence-corrected chi connectivity index (χ3v) is 13.7. The largest absolute Gasteiger partial charge is 0.311 e. The second-order valence-corrected chi connectivity index (χ2v) is 17.6. The molecule has 0 saturated heterocycles. The van der Waals surface area contributed by atoms with Gasteiger partial charge in [-0.3, -0.25) is 0 Å². The zero-order valence-electron chi connectivity index (χ0n) is 38.1. The molecule has 0 N–H and O–H groups in total. The van der Waals surface area contributed by atoms with E-state index < -0.39 is 5.41 Å². The fourth-order valence-corrected chi connectivity index (χ4v) is 10.8. The molecule has 0 atom stereocenters. The Labute approximate surface area is 405 Å². The van der Waals surface area contributed by atoms with Gasteiger partial charge in [0.25, 0.3) is 0 Å². The van der Waals surface area contributed by atoms with Crippen LogP contribution in [0.15, 0.2) is 291 Å². The quantitative estimate of drug-likeness (QED) is 0.128. The van der Waals surface area contributed by atoms with Crippen LogP contribution in [0.25, 0.3) is 44.5 Å². The second kappa shape index (κ2) is 18.0. The molecular formula is C67H48N2. The Kier molecular flexibility index (Phi) is 10.8. The van der Waals surface area contributed by atoms with Crippen LogP contribution in [0.1, 0.15) is 22.3 Å². The Bertz CT molecular complexity index is 3410. The minimum Gasteiger partial charge on any atom is -0.311 e. The summed E-state index contributed by atoms with van der Waals surface area (Å²) >= 11 is 0. The number of fused-ring (bicyclic) bond motifs is 3. The molecule has 1 aliphatic carbocycles. The molecule has 326 valence electrons. The van der Waals surface area contributed by atoms with Crippen molar-refractivity contribution in [3.63, 3.8) is 0 Å². The van der Waals surface area contributed by atoms with Crippen molar-refractivity contribution in [2.24, 2.45) is 0 Å². The molecule has 11 aromatic rings. The van der Waals surface area contributed by atoms with Crippen molar-refractivity contribution in [2.45, 2.75) is 5.41 Å². The average Bonchev–Trinajstić information content (AvgIpc) is 3.74. The van der Waals surface area contributed by atoms with E-state index in [0.29, 0.717) is 0 Å². The number of anilines is 6. The standard InChI is InChI=1S/C67H48N2/c1-6-25-52(26-7-1)67(64-41-18-16-37-62(64)63-38-17-19-42-65(63)67)53-27-20-23-50(47-53)61-40-22-39-60(49-43-45-58(46-44-49)68(54-28-8-2-9-29-54)55-30-10-3-11-31-55)66(61)51-24-21-36-59(48-51)69(56-32-12-4-13-33-56)57-34-14-5-15-35-57/h1-48H. The molecule has 0 saturated carbocycles. The molecule has 0 heterocycles. The monoisotopic (exact) mass is 880 g/mol. The Morgan fingerprint density at radius 2 is 0.580 bits per heavy atom. The second-order valence-electron chi connectivity index (χ2n) is 17.6. The van der Waals surface area contributed by atoms with Gasteiger partial charge in [-0.25, -0.2) is 0 Å². The average molecular weight is 881 g/mol. The molecule has 69 heavy (non-hydrogen) atoms. The van der Waals surface area contributed by atoms with Crippen molar-refractivity contribution < 1.29 is 0 Å². The van der Waals surface area contributed by atoms with Crippen molar-refractivity contribution >= 4 is 34.1 Å². The molecule has 0 amide bonds. The lowest BCUT2D eigenvalue weighted by Crippen LogP contribution is -2.28. The van der Waals surface area contributed by atoms with E-state index in [2.05, 4.69) is 301 Å². The van der Waals surface area contributed by atoms with E-state index in [1.54, 1.807) is 0 Å². The van der Waals surface area contributed by atoms with Crippen molar-refractivity contribution in [3.8, 4) is 44.5 Å². The highest BCUT2D eigenvalue weighted by Gasteiger charge is 2.46. The maximum absolute atomic E-state index is 2.46. The fourth-order valence-electron chi connectivity index (χ4n) is 10.8. The van der Waals surface area contributed by atoms with Crippen LogP contribution in [-0.4, -0.2) is 0 Å². The molecule has 0 fully saturated rings. The van der Waals surface area contributed by atoms with Crippen LogP contribution in [0.5, 0.6) is 0 Å². The lowest BCUT2D eigenvalue weighted by Gasteiger charge is -2.34. The zero-order valence-corrected chi connectivity index (χ0v) is 38.1. The first kappa shape index (κ1) is 41.5. The fraction of sp³-hybridized carbons (Fsp3) is 0.0149. The Balaban J connectivity index is 1.07. The van der Waals surface area contributed by atoms with E-state index >= 15 is 0 Å². The lowest BCUT2D eigenvalue weighted by atomic mass is 9.67. The van der Waals surface area contributed by atoms with E-state index in [4.69, 9.17) is 0 Å². The van der Waals surface area contributed by atoms with Crippen molar-refractivity contribution in [3.05, 3.63) is 313 Å². The summed E-state index contributed by atoms with van der Waals surface area (Å²) in [7, 11) is 0. The maximum Gasteiger partial charge on any atom is 0.0713 e. The van der Waals surface area contributed by atoms with Gasteiger partial charge in [0.15, 0.2) is 0 Å². The van der Waals surface area contributed by atoms with Crippen LogP contribution in [0.3, 0.4) is 0 Å². The van der Waals surface area contributed by atoms with E-state index in [-0.39, 0.29) is 0 Å². The van der Waals surface area contributed by atoms with E-state index in [0.717, 1.165) is 56.4 Å². The third-order valence-electron chi connectivity index (χ3n) is 13.7. The van der Waals surface area contributed by atoms with Gasteiger partial charge in [-0.1, -0.05) is 212 Å². The number of benzene rings is 11. The van der Waals surface area contributed by atoms with Crippen molar-refractivity contribution in [1.29, 1.82) is 0 Å². The highest BCUT2D eigenvalue weighted by atomic mass is 15.1. The topological polar surface area (TPSA) is 6.48 Å². The first-order valence-corrected chi connectivity index (χ1v) is 23.8. The SMILES string of the molecule is c1ccc(N(c2ccccc2)c2ccc(-c3cccc(-c4cccc(C5(c6ccccc6)c6ccccc6-c6ccccc65)c4)c3-c3cccc(N(c4ccccc4)c4ccccc4)c3)cc2)cc1. The smallest absolute Gasteiger partial charge is 0.0713 e. The van der Waals surface area contributed by atoms with Crippen LogP contribution in [0, 0.1) is 0 Å². The Morgan fingerprint density at radius 1 is 0.217 bits per heavy atom. The van der Waals surface area contributed by atoms with Crippen molar-refractivity contribution in [1.82, 2.24) is 0 Å². The minimum atomic E-state index is -0.521. The number of para-hydroxylation sites is 4. The normalized spacial score (nSPS) is 12.2. The lowest BCUT2D eigenvalue weighted by molar-refractivity contribution is 0.769. The molecule has 0 aliphatic heterocycles. The summed E-state index contributed by atoms with van der Waals surface area (Å²) in [5, 5.41) is 0. The molecule has 2 nitrogen and oxygen atoms in total. The van der Waals surface area contributed by atoms with Gasteiger partial charge in [0.1, 0.15) is 0 Å². The summed E-state index contributed by atoms with van der Waals surface area (Å²) in [5.41, 5.74) is 20.7. The van der Waals surface area contributed by atoms with Gasteiger partial charge in [0.05, 0.1) is 5.41 Å². The van der Waals surface area contributed by atoms with Crippen molar-refractivity contribution in [2.75, 3.05) is 9.80 Å². The third kappa shape index (κ3) is 7.40. The van der Waals surface area contributed by atoms with Crippen LogP contribution in [0.4, 0.5) is 34.1 Å². The van der Waals surface area contributed by atoms with Gasteiger partial charge in [0, 0.05) is 34.1 Å². The summed E-state index contributed by atoms with van der Waals surface area (Å²) in [6, 6.07) is 106. The van der Waals surface area contributed by atoms with Crippen LogP contribution in [0.2, 0.25) is 0 Å². The predicted molar refractivity (Wildman–Crippen MR) is 289 cm³/mol. The van der Waals surface area contributed by atoms with Gasteiger partial charge in [-0.15, -0.1) is 0 Å². The number of hydrogen-bond donors (Lipinski definition) is 0. The molecule has 2 heteroatoms. The number of hydrogen-bond acceptors (Lipinski definition) is 2. The van der Waals surface area contributed by atoms with Gasteiger partial charge in [-0.2, -0.15) is 0 Å². The Morgan fingerprint density at radius 3 is 1.12 bits per heavy atom. The summed E-state index contributed by atoms with van der Waals surface area (Å²) < 4.78 is 0. The predicted octanol–water partition coefficient (Wildman–Crippen LogP) is 18.0. The molecule has 0 unspecified atom stereocenters. The van der Waals surface area contributed by atoms with E-state index in [1.807, 2.05) is 0 Å². The van der Waals surface area contributed by atoms with Gasteiger partial charge in [-0.05, 0) is 146 Å². The first-order valence-electron chi connectivity index (χ1n) is 23.8. The van der Waals surface area contributed by atoms with E-state index in [1.165, 1.54) is 44.5 Å². The summed E-state index contributed by atoms with van der Waals surface area (Å²) in [6.07, 6.45) is 0. The van der Waals surface area contributed by atoms with Crippen LogP contribution >= 0.6 is 0 Å². The molecule has 12 rings (SSSR count). The molecule has 0 radical (unpaired) electrons. The zero-order chi connectivity index (χ0) is 46.0. The van der Waals surface area contributed by atoms with Gasteiger partial charge >= 0.3 is 0 Å². The van der Waals surface area contributed by atoms with Crippen LogP contribution < -0.4 is 9.80 Å². The van der Waals surface area contributed by atoms with E-state index in [9.17, 15) is 0 Å². The van der Waals surface area contributed by atoms with Crippen LogP contribution in [-0.2, 0) is 5.41 Å². The summed E-state index contributed by atoms with van der Waals surface area (Å²) in [4.78, 5) is 4.67. The van der Waals surface area contributed by atoms with Gasteiger partial charge in [0.2, 0.25) is 0 Å². The molecule has 0 aromatic heterocycles. The van der Waals surface area contributed by atoms with Gasteiger partial charge < -0.3 is 9.80 Å². The summed E-state index contributed by atoms with van der Waals surface area (Å²) in [6.45, 7) is 0. The molecule has 0 spiro atoms. The molecular weight excluding hydrogens is 833 g/mol. The summed E-state index contributed by atoms with van der Waals surface area (Å²) in [5.74, 6) is 0. The first-order chi connectivity index (χ1) is 34.3. The maximum atomic E-state index is 2.46. The minimum absolute atomic E-state index is 0.521. The number of rotatable bonds is 11.